The first-order valence-electron chi connectivity index (χ1n) is 6.14. The van der Waals surface area contributed by atoms with Crippen molar-refractivity contribution in [2.24, 2.45) is 5.92 Å². The number of nitrogens with zero attached hydrogens (tertiary/aromatic N) is 2. The molecule has 1 unspecified atom stereocenters. The number of rotatable bonds is 3. The Bertz CT molecular complexity index is 324. The molecule has 1 aromatic rings. The van der Waals surface area contributed by atoms with E-state index in [4.69, 9.17) is 0 Å². The molecule has 0 saturated carbocycles. The van der Waals surface area contributed by atoms with Gasteiger partial charge in [-0.05, 0) is 32.2 Å². The Labute approximate surface area is 102 Å². The van der Waals surface area contributed by atoms with Gasteiger partial charge < -0.3 is 10.2 Å². The fourth-order valence-electron chi connectivity index (χ4n) is 2.15. The Kier molecular flexibility index (Phi) is 4.18. The van der Waals surface area contributed by atoms with Gasteiger partial charge in [-0.1, -0.05) is 6.92 Å². The molecule has 1 saturated heterocycles. The van der Waals surface area contributed by atoms with Crippen LogP contribution in [0.5, 0.6) is 0 Å². The molecule has 4 heteroatoms. The number of anilines is 1. The van der Waals surface area contributed by atoms with E-state index in [9.17, 15) is 0 Å². The molecule has 1 atom stereocenters. The molecule has 0 aromatic carbocycles. The summed E-state index contributed by atoms with van der Waals surface area (Å²) in [6.45, 7) is 5.64. The summed E-state index contributed by atoms with van der Waals surface area (Å²) in [5.41, 5.74) is 0. The highest BCUT2D eigenvalue weighted by Gasteiger charge is 2.16. The molecule has 0 radical (unpaired) electrons. The lowest BCUT2D eigenvalue weighted by Crippen LogP contribution is -2.23. The zero-order valence-electron chi connectivity index (χ0n) is 10.2. The third kappa shape index (κ3) is 2.95. The highest BCUT2D eigenvalue weighted by Crippen LogP contribution is 2.26. The number of aromatic nitrogens is 1. The summed E-state index contributed by atoms with van der Waals surface area (Å²) in [4.78, 5) is 8.31. The minimum atomic E-state index is 0.877. The third-order valence-electron chi connectivity index (χ3n) is 3.18. The van der Waals surface area contributed by atoms with Crippen molar-refractivity contribution < 1.29 is 0 Å². The summed E-state index contributed by atoms with van der Waals surface area (Å²) in [5.74, 6) is 0.877. The van der Waals surface area contributed by atoms with Crippen molar-refractivity contribution in [2.45, 2.75) is 32.7 Å². The molecule has 0 bridgehead atoms. The minimum absolute atomic E-state index is 0.877. The van der Waals surface area contributed by atoms with Crippen molar-refractivity contribution in [2.75, 3.05) is 25.0 Å². The summed E-state index contributed by atoms with van der Waals surface area (Å²) < 4.78 is 0. The molecule has 1 aliphatic heterocycles. The molecule has 1 N–H and O–H groups in total. The lowest BCUT2D eigenvalue weighted by atomic mass is 10.0. The van der Waals surface area contributed by atoms with Crippen LogP contribution in [-0.4, -0.2) is 25.1 Å². The molecule has 1 fully saturated rings. The van der Waals surface area contributed by atoms with Crippen molar-refractivity contribution >= 4 is 16.5 Å². The van der Waals surface area contributed by atoms with Crippen molar-refractivity contribution in [1.29, 1.82) is 0 Å². The molecule has 2 rings (SSSR count). The molecule has 16 heavy (non-hydrogen) atoms. The monoisotopic (exact) mass is 239 g/mol. The first-order chi connectivity index (χ1) is 7.79. The summed E-state index contributed by atoms with van der Waals surface area (Å²) in [5, 5.41) is 4.38. The Hall–Kier alpha value is -0.610. The normalized spacial score (nSPS) is 22.1. The van der Waals surface area contributed by atoms with E-state index in [0.717, 1.165) is 12.5 Å². The first-order valence-corrected chi connectivity index (χ1v) is 6.95. The summed E-state index contributed by atoms with van der Waals surface area (Å²) >= 11 is 1.83. The van der Waals surface area contributed by atoms with Crippen LogP contribution >= 0.6 is 11.3 Å². The molecule has 0 amide bonds. The van der Waals surface area contributed by atoms with Crippen LogP contribution < -0.4 is 10.2 Å². The van der Waals surface area contributed by atoms with E-state index in [1.54, 1.807) is 0 Å². The number of hydrogen-bond acceptors (Lipinski definition) is 4. The predicted molar refractivity (Wildman–Crippen MR) is 70.1 cm³/mol. The van der Waals surface area contributed by atoms with E-state index in [-0.39, 0.29) is 0 Å². The van der Waals surface area contributed by atoms with Gasteiger partial charge in [-0.3, -0.25) is 0 Å². The van der Waals surface area contributed by atoms with E-state index < -0.39 is 0 Å². The molecular weight excluding hydrogens is 218 g/mol. The quantitative estimate of drug-likeness (QED) is 0.878. The second kappa shape index (κ2) is 5.64. The van der Waals surface area contributed by atoms with Crippen LogP contribution in [0.1, 0.15) is 31.1 Å². The van der Waals surface area contributed by atoms with E-state index in [2.05, 4.69) is 22.1 Å². The van der Waals surface area contributed by atoms with Gasteiger partial charge in [0.05, 0.1) is 0 Å². The highest BCUT2D eigenvalue weighted by molar-refractivity contribution is 7.15. The zero-order valence-corrected chi connectivity index (χ0v) is 11.0. The second-order valence-electron chi connectivity index (χ2n) is 4.66. The Morgan fingerprint density at radius 1 is 1.50 bits per heavy atom. The molecule has 0 aliphatic carbocycles. The average molecular weight is 239 g/mol. The van der Waals surface area contributed by atoms with Gasteiger partial charge in [-0.25, -0.2) is 4.98 Å². The van der Waals surface area contributed by atoms with Crippen LogP contribution in [-0.2, 0) is 6.54 Å². The lowest BCUT2D eigenvalue weighted by Gasteiger charge is -2.18. The summed E-state index contributed by atoms with van der Waals surface area (Å²) in [6, 6.07) is 0. The standard InChI is InChI=1S/C12H21N3S/c1-10-4-3-6-15(7-5-10)12-14-9-11(16-12)8-13-2/h9-10,13H,3-8H2,1-2H3. The smallest absolute Gasteiger partial charge is 0.185 e. The number of nitrogens with one attached hydrogen (secondary N) is 1. The highest BCUT2D eigenvalue weighted by atomic mass is 32.1. The SMILES string of the molecule is CNCc1cnc(N2CCCC(C)CC2)s1. The van der Waals surface area contributed by atoms with Crippen molar-refractivity contribution in [3.05, 3.63) is 11.1 Å². The van der Waals surface area contributed by atoms with E-state index in [0.29, 0.717) is 0 Å². The van der Waals surface area contributed by atoms with Gasteiger partial charge >= 0.3 is 0 Å². The zero-order chi connectivity index (χ0) is 11.4. The number of thiazole rings is 1. The molecule has 90 valence electrons. The second-order valence-corrected chi connectivity index (χ2v) is 5.76. The minimum Gasteiger partial charge on any atom is -0.348 e. The fraction of sp³-hybridized carbons (Fsp3) is 0.750. The van der Waals surface area contributed by atoms with Crippen LogP contribution in [0.4, 0.5) is 5.13 Å². The van der Waals surface area contributed by atoms with Crippen molar-refractivity contribution in [3.63, 3.8) is 0 Å². The van der Waals surface area contributed by atoms with Gasteiger partial charge in [0.1, 0.15) is 0 Å². The van der Waals surface area contributed by atoms with E-state index in [1.807, 2.05) is 24.6 Å². The Balaban J connectivity index is 1.99. The van der Waals surface area contributed by atoms with Gasteiger partial charge in [0.2, 0.25) is 0 Å². The molecule has 3 nitrogen and oxygen atoms in total. The molecule has 0 spiro atoms. The van der Waals surface area contributed by atoms with Gasteiger partial charge in [0, 0.05) is 30.7 Å². The van der Waals surface area contributed by atoms with Crippen molar-refractivity contribution in [1.82, 2.24) is 10.3 Å². The largest absolute Gasteiger partial charge is 0.348 e. The van der Waals surface area contributed by atoms with E-state index >= 15 is 0 Å². The average Bonchev–Trinajstić information content (AvgIpc) is 2.62. The number of hydrogen-bond donors (Lipinski definition) is 1. The van der Waals surface area contributed by atoms with Crippen LogP contribution in [0.2, 0.25) is 0 Å². The Morgan fingerprint density at radius 2 is 2.38 bits per heavy atom. The predicted octanol–water partition coefficient (Wildman–Crippen LogP) is 2.49. The summed E-state index contributed by atoms with van der Waals surface area (Å²) in [6.07, 6.45) is 5.99. The van der Waals surface area contributed by atoms with Crippen molar-refractivity contribution in [3.8, 4) is 0 Å². The van der Waals surface area contributed by atoms with Crippen LogP contribution in [0.3, 0.4) is 0 Å². The molecule has 1 aromatic heterocycles. The topological polar surface area (TPSA) is 28.2 Å². The van der Waals surface area contributed by atoms with E-state index in [1.165, 1.54) is 42.4 Å². The Morgan fingerprint density at radius 3 is 3.19 bits per heavy atom. The molecular formula is C12H21N3S. The van der Waals surface area contributed by atoms with Gasteiger partial charge in [0.15, 0.2) is 5.13 Å². The lowest BCUT2D eigenvalue weighted by molar-refractivity contribution is 0.521. The maximum Gasteiger partial charge on any atom is 0.185 e. The van der Waals surface area contributed by atoms with Crippen LogP contribution in [0.15, 0.2) is 6.20 Å². The maximum absolute atomic E-state index is 4.53. The van der Waals surface area contributed by atoms with Crippen LogP contribution in [0, 0.1) is 5.92 Å². The van der Waals surface area contributed by atoms with Gasteiger partial charge in [0.25, 0.3) is 0 Å². The maximum atomic E-state index is 4.53. The van der Waals surface area contributed by atoms with Gasteiger partial charge in [-0.15, -0.1) is 11.3 Å². The molecule has 1 aliphatic rings. The first kappa shape index (κ1) is 11.9. The fourth-order valence-corrected chi connectivity index (χ4v) is 3.13. The van der Waals surface area contributed by atoms with Crippen LogP contribution in [0.25, 0.3) is 0 Å². The summed E-state index contributed by atoms with van der Waals surface area (Å²) in [7, 11) is 1.98. The molecule has 2 heterocycles. The third-order valence-corrected chi connectivity index (χ3v) is 4.24. The van der Waals surface area contributed by atoms with Gasteiger partial charge in [-0.2, -0.15) is 0 Å².